The number of nitrogens with one attached hydrogen (secondary N) is 1. The third-order valence-corrected chi connectivity index (χ3v) is 12.9. The standard InChI is InChI=1S/C34H26ClF3N2O5S2/c1-44-23-12-16(8-11-22(23)45-14-15-6-9-17(35)10-7-15)24-25-18-13-19(28(25)46-30-29(24)47-33(43)39-30)27-26(18)31(41)40(32(27)42)21-5-3-2-4-20(21)34(36,37)38/h2-12,18-19,24-28H,13-14H2,1H3,(H,39,43)/t18-,19-,24?,25?,26?,27?,28?/m1/s1. The Kier molecular flexibility index (Phi) is 7.27. The summed E-state index contributed by atoms with van der Waals surface area (Å²) in [4.78, 5) is 44.9. The van der Waals surface area contributed by atoms with Gasteiger partial charge in [0.25, 0.3) is 0 Å². The molecule has 7 atom stereocenters. The molecule has 2 amide bonds. The van der Waals surface area contributed by atoms with Crippen molar-refractivity contribution in [3.8, 4) is 11.5 Å². The zero-order chi connectivity index (χ0) is 32.8. The Bertz CT molecular complexity index is 1980. The maximum absolute atomic E-state index is 14.0. The number of benzene rings is 3. The average molecular weight is 699 g/mol. The van der Waals surface area contributed by atoms with Crippen LogP contribution in [-0.2, 0) is 22.4 Å². The number of carbonyl (C=O) groups is 2. The summed E-state index contributed by atoms with van der Waals surface area (Å²) in [5.74, 6) is -2.51. The summed E-state index contributed by atoms with van der Waals surface area (Å²) in [7, 11) is 1.55. The highest BCUT2D eigenvalue weighted by Gasteiger charge is 2.70. The average Bonchev–Trinajstić information content (AvgIpc) is 3.79. The number of hydrogen-bond donors (Lipinski definition) is 1. The summed E-state index contributed by atoms with van der Waals surface area (Å²) in [6, 6.07) is 17.7. The Labute approximate surface area is 280 Å². The number of fused-ring (bicyclic) bond motifs is 9. The number of halogens is 4. The van der Waals surface area contributed by atoms with Crippen LogP contribution in [0.25, 0.3) is 0 Å². The molecule has 8 rings (SSSR count). The van der Waals surface area contributed by atoms with E-state index >= 15 is 0 Å². The van der Waals surface area contributed by atoms with Crippen molar-refractivity contribution in [2.45, 2.75) is 35.4 Å². The minimum Gasteiger partial charge on any atom is -0.493 e. The number of ether oxygens (including phenoxy) is 2. The molecule has 0 spiro atoms. The first-order valence-electron chi connectivity index (χ1n) is 15.0. The zero-order valence-electron chi connectivity index (χ0n) is 24.6. The summed E-state index contributed by atoms with van der Waals surface area (Å²) in [6.45, 7) is 0.290. The second kappa shape index (κ2) is 11.2. The van der Waals surface area contributed by atoms with Crippen LogP contribution in [0.1, 0.15) is 33.9 Å². The second-order valence-electron chi connectivity index (χ2n) is 12.3. The SMILES string of the molecule is COc1cc(C2c3sc(=O)[nH]c3SC3C2[C@H]2C[C@@H]3C3C(=O)N(c4ccccc4C(F)(F)F)C(=O)C32)ccc1OCc1ccc(Cl)cc1. The molecule has 3 fully saturated rings. The molecule has 2 aliphatic carbocycles. The van der Waals surface area contributed by atoms with E-state index in [2.05, 4.69) is 4.98 Å². The number of para-hydroxylation sites is 1. The summed E-state index contributed by atoms with van der Waals surface area (Å²) in [5.41, 5.74) is 0.364. The second-order valence-corrected chi connectivity index (χ2v) is 15.0. The molecular weight excluding hydrogens is 673 g/mol. The third kappa shape index (κ3) is 4.82. The molecular formula is C34H26ClF3N2O5S2. The van der Waals surface area contributed by atoms with Crippen LogP contribution in [0.15, 0.2) is 76.6 Å². The first-order chi connectivity index (χ1) is 22.5. The number of H-pyrrole nitrogens is 1. The van der Waals surface area contributed by atoms with Crippen molar-refractivity contribution in [1.29, 1.82) is 0 Å². The molecule has 3 heterocycles. The molecule has 3 aromatic carbocycles. The highest BCUT2D eigenvalue weighted by atomic mass is 35.5. The zero-order valence-corrected chi connectivity index (χ0v) is 27.0. The van der Waals surface area contributed by atoms with Gasteiger partial charge < -0.3 is 14.5 Å². The predicted octanol–water partition coefficient (Wildman–Crippen LogP) is 7.37. The number of carbonyl (C=O) groups excluding carboxylic acids is 2. The highest BCUT2D eigenvalue weighted by Crippen LogP contribution is 2.69. The van der Waals surface area contributed by atoms with Gasteiger partial charge in [-0.2, -0.15) is 13.2 Å². The Hall–Kier alpha value is -3.74. The van der Waals surface area contributed by atoms with Gasteiger partial charge in [0.15, 0.2) is 11.5 Å². The minimum absolute atomic E-state index is 0.120. The third-order valence-electron chi connectivity index (χ3n) is 10.0. The molecule has 13 heteroatoms. The van der Waals surface area contributed by atoms with Crippen molar-refractivity contribution in [1.82, 2.24) is 4.98 Å². The smallest absolute Gasteiger partial charge is 0.418 e. The van der Waals surface area contributed by atoms with Gasteiger partial charge in [0, 0.05) is 21.1 Å². The topological polar surface area (TPSA) is 88.7 Å². The van der Waals surface area contributed by atoms with Crippen molar-refractivity contribution >= 4 is 52.2 Å². The predicted molar refractivity (Wildman–Crippen MR) is 171 cm³/mol. The number of aromatic amines is 1. The Balaban J connectivity index is 1.15. The molecule has 4 aromatic rings. The molecule has 7 nitrogen and oxygen atoms in total. The van der Waals surface area contributed by atoms with Gasteiger partial charge in [-0.15, -0.1) is 11.8 Å². The monoisotopic (exact) mass is 698 g/mol. The van der Waals surface area contributed by atoms with E-state index in [1.165, 1.54) is 30.0 Å². The van der Waals surface area contributed by atoms with E-state index in [9.17, 15) is 27.6 Å². The fourth-order valence-corrected chi connectivity index (χ4v) is 11.3. The van der Waals surface area contributed by atoms with Crippen molar-refractivity contribution < 1.29 is 32.2 Å². The molecule has 0 radical (unpaired) electrons. The molecule has 1 saturated heterocycles. The van der Waals surface area contributed by atoms with Gasteiger partial charge >= 0.3 is 11.0 Å². The van der Waals surface area contributed by atoms with Gasteiger partial charge in [0.2, 0.25) is 11.8 Å². The number of thioether (sulfide) groups is 1. The van der Waals surface area contributed by atoms with Crippen LogP contribution < -0.4 is 19.2 Å². The van der Waals surface area contributed by atoms with Gasteiger partial charge in [-0.3, -0.25) is 14.4 Å². The normalized spacial score (nSPS) is 27.5. The molecule has 1 N–H and O–H groups in total. The molecule has 2 aliphatic heterocycles. The number of alkyl halides is 3. The van der Waals surface area contributed by atoms with Crippen LogP contribution in [0.5, 0.6) is 11.5 Å². The van der Waals surface area contributed by atoms with Gasteiger partial charge in [0.05, 0.1) is 35.2 Å². The fraction of sp³-hybridized carbons (Fsp3) is 0.324. The number of thiazole rings is 1. The van der Waals surface area contributed by atoms with Crippen molar-refractivity contribution in [2.75, 3.05) is 12.0 Å². The highest BCUT2D eigenvalue weighted by molar-refractivity contribution is 8.00. The largest absolute Gasteiger partial charge is 0.493 e. The lowest BCUT2D eigenvalue weighted by Crippen LogP contribution is -2.42. The van der Waals surface area contributed by atoms with Crippen LogP contribution in [0.3, 0.4) is 0 Å². The van der Waals surface area contributed by atoms with Crippen LogP contribution in [-0.4, -0.2) is 29.2 Å². The number of rotatable bonds is 6. The van der Waals surface area contributed by atoms with Gasteiger partial charge in [0.1, 0.15) is 6.61 Å². The van der Waals surface area contributed by atoms with Crippen LogP contribution in [0.2, 0.25) is 5.02 Å². The maximum Gasteiger partial charge on any atom is 0.418 e. The molecule has 47 heavy (non-hydrogen) atoms. The molecule has 2 saturated carbocycles. The van der Waals surface area contributed by atoms with Gasteiger partial charge in [-0.25, -0.2) is 4.90 Å². The van der Waals surface area contributed by atoms with Crippen molar-refractivity contribution in [3.63, 3.8) is 0 Å². The van der Waals surface area contributed by atoms with E-state index in [1.54, 1.807) is 19.2 Å². The van der Waals surface area contributed by atoms with Gasteiger partial charge in [-0.1, -0.05) is 53.3 Å². The number of hydrogen-bond acceptors (Lipinski definition) is 7. The van der Waals surface area contributed by atoms with Crippen LogP contribution in [0.4, 0.5) is 18.9 Å². The fourth-order valence-electron chi connectivity index (χ4n) is 8.27. The molecule has 242 valence electrons. The van der Waals surface area contributed by atoms with E-state index in [0.717, 1.165) is 43.3 Å². The first kappa shape index (κ1) is 30.6. The number of aromatic nitrogens is 1. The van der Waals surface area contributed by atoms with E-state index in [4.69, 9.17) is 21.1 Å². The number of anilines is 1. The molecule has 1 aromatic heterocycles. The number of methoxy groups -OCH3 is 1. The maximum atomic E-state index is 14.0. The summed E-state index contributed by atoms with van der Waals surface area (Å²) < 4.78 is 53.7. The number of nitrogens with zero attached hydrogens (tertiary/aromatic N) is 1. The summed E-state index contributed by atoms with van der Waals surface area (Å²) >= 11 is 8.64. The van der Waals surface area contributed by atoms with E-state index < -0.39 is 41.1 Å². The molecule has 2 bridgehead atoms. The van der Waals surface area contributed by atoms with Crippen LogP contribution in [0, 0.1) is 29.6 Å². The lowest BCUT2D eigenvalue weighted by molar-refractivity contribution is -0.137. The van der Waals surface area contributed by atoms with Crippen molar-refractivity contribution in [2.24, 2.45) is 29.6 Å². The number of imide groups is 1. The number of amides is 2. The van der Waals surface area contributed by atoms with E-state index in [-0.39, 0.29) is 40.4 Å². The Morgan fingerprint density at radius 3 is 2.40 bits per heavy atom. The summed E-state index contributed by atoms with van der Waals surface area (Å²) in [5, 5.41) is 1.24. The molecule has 4 aliphatic rings. The van der Waals surface area contributed by atoms with E-state index in [1.807, 2.05) is 30.3 Å². The van der Waals surface area contributed by atoms with Crippen LogP contribution >= 0.6 is 34.7 Å². The lowest BCUT2D eigenvalue weighted by Gasteiger charge is -2.43. The summed E-state index contributed by atoms with van der Waals surface area (Å²) in [6.07, 6.45) is -4.12. The van der Waals surface area contributed by atoms with Crippen molar-refractivity contribution in [3.05, 3.63) is 103 Å². The lowest BCUT2D eigenvalue weighted by atomic mass is 9.68. The van der Waals surface area contributed by atoms with Gasteiger partial charge in [-0.05, 0) is 71.7 Å². The Morgan fingerprint density at radius 2 is 1.68 bits per heavy atom. The molecule has 5 unspecified atom stereocenters. The Morgan fingerprint density at radius 1 is 0.957 bits per heavy atom. The first-order valence-corrected chi connectivity index (χ1v) is 17.1. The minimum atomic E-state index is -4.73. The van der Waals surface area contributed by atoms with E-state index in [0.29, 0.717) is 22.9 Å². The quantitative estimate of drug-likeness (QED) is 0.212.